The monoisotopic (exact) mass is 186 g/mol. The van der Waals surface area contributed by atoms with Crippen molar-refractivity contribution in [1.82, 2.24) is 0 Å². The lowest BCUT2D eigenvalue weighted by Gasteiger charge is -2.17. The first-order valence-corrected chi connectivity index (χ1v) is 5.04. The maximum absolute atomic E-state index is 11.0. The van der Waals surface area contributed by atoms with Gasteiger partial charge in [-0.05, 0) is 25.2 Å². The van der Waals surface area contributed by atoms with Crippen LogP contribution in [0.2, 0.25) is 0 Å². The summed E-state index contributed by atoms with van der Waals surface area (Å²) >= 11 is 0. The van der Waals surface area contributed by atoms with Crippen LogP contribution in [0.3, 0.4) is 0 Å². The number of ketones is 1. The van der Waals surface area contributed by atoms with Crippen LogP contribution >= 0.6 is 0 Å². The van der Waals surface area contributed by atoms with Gasteiger partial charge in [0.1, 0.15) is 6.10 Å². The molecule has 0 aliphatic rings. The van der Waals surface area contributed by atoms with Crippen LogP contribution in [0.25, 0.3) is 0 Å². The van der Waals surface area contributed by atoms with E-state index in [2.05, 4.69) is 20.8 Å². The number of rotatable bonds is 5. The zero-order valence-electron chi connectivity index (χ0n) is 9.26. The molecule has 0 spiro atoms. The zero-order chi connectivity index (χ0) is 10.5. The average molecular weight is 186 g/mol. The second kappa shape index (κ2) is 5.38. The Morgan fingerprint density at radius 2 is 1.85 bits per heavy atom. The average Bonchev–Trinajstić information content (AvgIpc) is 1.95. The molecule has 2 nitrogen and oxygen atoms in total. The van der Waals surface area contributed by atoms with Gasteiger partial charge in [-0.25, -0.2) is 0 Å². The minimum atomic E-state index is -0.783. The van der Waals surface area contributed by atoms with Crippen LogP contribution < -0.4 is 0 Å². The number of aliphatic hydroxyl groups excluding tert-OH is 1. The second-order valence-corrected chi connectivity index (χ2v) is 4.91. The van der Waals surface area contributed by atoms with Gasteiger partial charge in [-0.15, -0.1) is 0 Å². The maximum Gasteiger partial charge on any atom is 0.160 e. The lowest BCUT2D eigenvalue weighted by atomic mass is 9.89. The van der Waals surface area contributed by atoms with Crippen LogP contribution in [0, 0.1) is 5.41 Å². The first kappa shape index (κ1) is 12.6. The molecule has 0 amide bonds. The van der Waals surface area contributed by atoms with Crippen molar-refractivity contribution in [1.29, 1.82) is 0 Å². The van der Waals surface area contributed by atoms with E-state index >= 15 is 0 Å². The third-order valence-electron chi connectivity index (χ3n) is 2.07. The van der Waals surface area contributed by atoms with E-state index in [0.717, 1.165) is 19.3 Å². The Labute approximate surface area is 81.3 Å². The van der Waals surface area contributed by atoms with Crippen LogP contribution in [-0.2, 0) is 4.79 Å². The van der Waals surface area contributed by atoms with Gasteiger partial charge >= 0.3 is 0 Å². The summed E-state index contributed by atoms with van der Waals surface area (Å²) < 4.78 is 0. The van der Waals surface area contributed by atoms with Gasteiger partial charge in [0.2, 0.25) is 0 Å². The van der Waals surface area contributed by atoms with Crippen LogP contribution in [0.15, 0.2) is 0 Å². The fourth-order valence-electron chi connectivity index (χ4n) is 1.16. The van der Waals surface area contributed by atoms with E-state index in [1.165, 1.54) is 6.92 Å². The molecule has 0 saturated carbocycles. The molecule has 0 saturated heterocycles. The lowest BCUT2D eigenvalue weighted by molar-refractivity contribution is -0.126. The highest BCUT2D eigenvalue weighted by Crippen LogP contribution is 2.22. The van der Waals surface area contributed by atoms with Gasteiger partial charge in [-0.3, -0.25) is 4.79 Å². The van der Waals surface area contributed by atoms with Crippen molar-refractivity contribution in [2.45, 2.75) is 59.5 Å². The van der Waals surface area contributed by atoms with Crippen molar-refractivity contribution in [3.8, 4) is 0 Å². The number of hydrogen-bond acceptors (Lipinski definition) is 2. The van der Waals surface area contributed by atoms with Gasteiger partial charge in [0.15, 0.2) is 5.78 Å². The first-order chi connectivity index (χ1) is 5.83. The third-order valence-corrected chi connectivity index (χ3v) is 2.07. The lowest BCUT2D eigenvalue weighted by Crippen LogP contribution is -2.15. The molecular formula is C11H22O2. The van der Waals surface area contributed by atoms with E-state index in [4.69, 9.17) is 5.11 Å². The first-order valence-electron chi connectivity index (χ1n) is 5.04. The molecule has 0 rings (SSSR count). The zero-order valence-corrected chi connectivity index (χ0v) is 9.26. The summed E-state index contributed by atoms with van der Waals surface area (Å²) in [5.41, 5.74) is 0.355. The Bertz CT molecular complexity index is 154. The molecule has 0 aromatic rings. The molecule has 0 radical (unpaired) electrons. The Morgan fingerprint density at radius 1 is 1.31 bits per heavy atom. The van der Waals surface area contributed by atoms with Gasteiger partial charge in [0, 0.05) is 6.42 Å². The largest absolute Gasteiger partial charge is 0.386 e. The third kappa shape index (κ3) is 7.97. The summed E-state index contributed by atoms with van der Waals surface area (Å²) in [6.45, 7) is 8.13. The summed E-state index contributed by atoms with van der Waals surface area (Å²) in [7, 11) is 0. The van der Waals surface area contributed by atoms with E-state index in [9.17, 15) is 4.79 Å². The van der Waals surface area contributed by atoms with Crippen molar-refractivity contribution in [2.24, 2.45) is 5.41 Å². The Hall–Kier alpha value is -0.370. The fraction of sp³-hybridized carbons (Fsp3) is 0.909. The summed E-state index contributed by atoms with van der Waals surface area (Å²) in [6.07, 6.45) is 2.85. The quantitative estimate of drug-likeness (QED) is 0.670. The van der Waals surface area contributed by atoms with Gasteiger partial charge in [-0.1, -0.05) is 27.2 Å². The molecule has 2 heteroatoms. The normalized spacial score (nSPS) is 14.2. The second-order valence-electron chi connectivity index (χ2n) is 4.91. The van der Waals surface area contributed by atoms with Crippen molar-refractivity contribution in [3.63, 3.8) is 0 Å². The molecule has 0 aromatic heterocycles. The standard InChI is InChI=1S/C11H22O2/c1-9(12)10(13)7-5-6-8-11(2,3)4/h9,12H,5-8H2,1-4H3. The van der Waals surface area contributed by atoms with Crippen molar-refractivity contribution >= 4 is 5.78 Å². The molecule has 13 heavy (non-hydrogen) atoms. The number of carbonyl (C=O) groups is 1. The minimum absolute atomic E-state index is 0.0334. The molecule has 1 N–H and O–H groups in total. The molecule has 78 valence electrons. The molecule has 0 aliphatic heterocycles. The molecule has 0 aliphatic carbocycles. The number of hydrogen-bond donors (Lipinski definition) is 1. The summed E-state index contributed by atoms with van der Waals surface area (Å²) in [4.78, 5) is 11.0. The van der Waals surface area contributed by atoms with Crippen LogP contribution in [0.5, 0.6) is 0 Å². The van der Waals surface area contributed by atoms with Crippen molar-refractivity contribution in [2.75, 3.05) is 0 Å². The van der Waals surface area contributed by atoms with E-state index in [0.29, 0.717) is 11.8 Å². The van der Waals surface area contributed by atoms with E-state index in [1.54, 1.807) is 0 Å². The SMILES string of the molecule is CC(O)C(=O)CCCCC(C)(C)C. The highest BCUT2D eigenvalue weighted by molar-refractivity contribution is 5.82. The van der Waals surface area contributed by atoms with E-state index in [1.807, 2.05) is 0 Å². The molecule has 0 fully saturated rings. The summed E-state index contributed by atoms with van der Waals surface area (Å²) in [5.74, 6) is -0.0334. The van der Waals surface area contributed by atoms with Crippen LogP contribution in [-0.4, -0.2) is 17.0 Å². The Morgan fingerprint density at radius 3 is 2.23 bits per heavy atom. The number of Topliss-reactive ketones (excluding diaryl/α,β-unsaturated/α-hetero) is 1. The van der Waals surface area contributed by atoms with Crippen molar-refractivity contribution < 1.29 is 9.90 Å². The molecular weight excluding hydrogens is 164 g/mol. The van der Waals surface area contributed by atoms with Gasteiger partial charge in [0.25, 0.3) is 0 Å². The molecule has 0 bridgehead atoms. The molecule has 1 atom stereocenters. The van der Waals surface area contributed by atoms with Crippen LogP contribution in [0.1, 0.15) is 53.4 Å². The van der Waals surface area contributed by atoms with Gasteiger partial charge in [-0.2, -0.15) is 0 Å². The Kier molecular flexibility index (Phi) is 5.23. The highest BCUT2D eigenvalue weighted by Gasteiger charge is 2.11. The highest BCUT2D eigenvalue weighted by atomic mass is 16.3. The maximum atomic E-state index is 11.0. The molecule has 0 heterocycles. The molecule has 1 unspecified atom stereocenters. The van der Waals surface area contributed by atoms with E-state index < -0.39 is 6.10 Å². The van der Waals surface area contributed by atoms with Crippen molar-refractivity contribution in [3.05, 3.63) is 0 Å². The molecule has 0 aromatic carbocycles. The summed E-state index contributed by atoms with van der Waals surface area (Å²) in [6, 6.07) is 0. The predicted octanol–water partition coefficient (Wildman–Crippen LogP) is 2.54. The fourth-order valence-corrected chi connectivity index (χ4v) is 1.16. The van der Waals surface area contributed by atoms with Gasteiger partial charge < -0.3 is 5.11 Å². The number of unbranched alkanes of at least 4 members (excludes halogenated alkanes) is 1. The summed E-state index contributed by atoms with van der Waals surface area (Å²) in [5, 5.41) is 8.93. The smallest absolute Gasteiger partial charge is 0.160 e. The number of carbonyl (C=O) groups excluding carboxylic acids is 1. The predicted molar refractivity (Wildman–Crippen MR) is 54.6 cm³/mol. The topological polar surface area (TPSA) is 37.3 Å². The van der Waals surface area contributed by atoms with E-state index in [-0.39, 0.29) is 5.78 Å². The minimum Gasteiger partial charge on any atom is -0.386 e. The number of aliphatic hydroxyl groups is 1. The Balaban J connectivity index is 3.42. The van der Waals surface area contributed by atoms with Gasteiger partial charge in [0.05, 0.1) is 0 Å². The van der Waals surface area contributed by atoms with Crippen LogP contribution in [0.4, 0.5) is 0 Å².